The zero-order valence-corrected chi connectivity index (χ0v) is 14.8. The third-order valence-corrected chi connectivity index (χ3v) is 4.42. The number of hydrogen-bond donors (Lipinski definition) is 2. The summed E-state index contributed by atoms with van der Waals surface area (Å²) in [4.78, 5) is 22.0. The molecule has 6 heteroatoms. The van der Waals surface area contributed by atoms with Gasteiger partial charge in [-0.25, -0.2) is 4.79 Å². The highest BCUT2D eigenvalue weighted by Crippen LogP contribution is 2.20. The molecular weight excluding hydrogens is 340 g/mol. The van der Waals surface area contributed by atoms with Crippen molar-refractivity contribution in [3.05, 3.63) is 90.3 Å². The molecule has 0 aliphatic heterocycles. The Kier molecular flexibility index (Phi) is 4.87. The molecule has 4 rings (SSSR count). The minimum Gasteiger partial charge on any atom is -0.467 e. The molecule has 0 aliphatic rings. The van der Waals surface area contributed by atoms with Crippen molar-refractivity contribution < 1.29 is 9.21 Å². The van der Waals surface area contributed by atoms with E-state index in [1.54, 1.807) is 23.6 Å². The summed E-state index contributed by atoms with van der Waals surface area (Å²) in [5.74, 6) is 0.720. The number of hydrogen-bond acceptors (Lipinski definition) is 3. The lowest BCUT2D eigenvalue weighted by atomic mass is 10.1. The highest BCUT2D eigenvalue weighted by molar-refractivity contribution is 5.83. The molecule has 0 saturated carbocycles. The zero-order chi connectivity index (χ0) is 18.5. The molecular formula is C21H20N4O2. The molecule has 4 aromatic rings. The van der Waals surface area contributed by atoms with E-state index in [1.807, 2.05) is 54.7 Å². The Hall–Kier alpha value is -3.54. The Morgan fingerprint density at radius 1 is 1.11 bits per heavy atom. The van der Waals surface area contributed by atoms with E-state index in [2.05, 4.69) is 15.3 Å². The number of nitrogens with zero attached hydrogens (tertiary/aromatic N) is 2. The molecule has 0 unspecified atom stereocenters. The van der Waals surface area contributed by atoms with Crippen molar-refractivity contribution in [3.8, 4) is 0 Å². The molecule has 3 heterocycles. The largest absolute Gasteiger partial charge is 0.467 e. The Balaban J connectivity index is 1.55. The second-order valence-electron chi connectivity index (χ2n) is 6.31. The van der Waals surface area contributed by atoms with E-state index in [0.717, 1.165) is 27.8 Å². The number of aromatic nitrogens is 2. The number of amides is 2. The van der Waals surface area contributed by atoms with Gasteiger partial charge in [-0.1, -0.05) is 18.2 Å². The van der Waals surface area contributed by atoms with Gasteiger partial charge in [0.2, 0.25) is 0 Å². The predicted molar refractivity (Wildman–Crippen MR) is 103 cm³/mol. The molecule has 0 bridgehead atoms. The molecule has 3 aromatic heterocycles. The zero-order valence-electron chi connectivity index (χ0n) is 14.8. The van der Waals surface area contributed by atoms with Crippen LogP contribution in [0.15, 0.2) is 77.8 Å². The molecule has 1 aromatic carbocycles. The molecule has 0 saturated heterocycles. The fraction of sp³-hybridized carbons (Fsp3) is 0.143. The number of benzene rings is 1. The molecule has 0 spiro atoms. The fourth-order valence-corrected chi connectivity index (χ4v) is 3.09. The third kappa shape index (κ3) is 4.00. The van der Waals surface area contributed by atoms with E-state index in [1.165, 1.54) is 0 Å². The van der Waals surface area contributed by atoms with Crippen molar-refractivity contribution >= 4 is 16.9 Å². The summed E-state index contributed by atoms with van der Waals surface area (Å²) in [6.45, 7) is 1.32. The van der Waals surface area contributed by atoms with Crippen molar-refractivity contribution in [2.75, 3.05) is 0 Å². The lowest BCUT2D eigenvalue weighted by molar-refractivity contribution is 0.191. The van der Waals surface area contributed by atoms with E-state index in [0.29, 0.717) is 19.6 Å². The van der Waals surface area contributed by atoms with Gasteiger partial charge in [-0.2, -0.15) is 0 Å². The number of aromatic amines is 1. The van der Waals surface area contributed by atoms with Crippen LogP contribution in [0.1, 0.15) is 16.9 Å². The predicted octanol–water partition coefficient (Wildman–Crippen LogP) is 4.07. The van der Waals surface area contributed by atoms with Gasteiger partial charge in [0.05, 0.1) is 12.8 Å². The van der Waals surface area contributed by atoms with E-state index in [4.69, 9.17) is 4.42 Å². The van der Waals surface area contributed by atoms with Crippen LogP contribution in [0.3, 0.4) is 0 Å². The highest BCUT2D eigenvalue weighted by Gasteiger charge is 2.16. The van der Waals surface area contributed by atoms with Gasteiger partial charge in [0.1, 0.15) is 5.76 Å². The van der Waals surface area contributed by atoms with Crippen LogP contribution in [-0.2, 0) is 19.6 Å². The Morgan fingerprint density at radius 3 is 2.89 bits per heavy atom. The molecule has 0 radical (unpaired) electrons. The summed E-state index contributed by atoms with van der Waals surface area (Å²) in [7, 11) is 0. The maximum Gasteiger partial charge on any atom is 0.318 e. The first-order valence-electron chi connectivity index (χ1n) is 8.78. The van der Waals surface area contributed by atoms with E-state index >= 15 is 0 Å². The number of urea groups is 1. The number of fused-ring (bicyclic) bond motifs is 1. The second-order valence-corrected chi connectivity index (χ2v) is 6.31. The Morgan fingerprint density at radius 2 is 2.07 bits per heavy atom. The van der Waals surface area contributed by atoms with Crippen LogP contribution in [0.4, 0.5) is 4.79 Å². The average Bonchev–Trinajstić information content (AvgIpc) is 3.38. The third-order valence-electron chi connectivity index (χ3n) is 4.42. The van der Waals surface area contributed by atoms with Gasteiger partial charge < -0.3 is 19.6 Å². The lowest BCUT2D eigenvalue weighted by Gasteiger charge is -2.23. The molecule has 0 aliphatic carbocycles. The number of pyridine rings is 1. The van der Waals surface area contributed by atoms with Gasteiger partial charge in [-0.15, -0.1) is 0 Å². The van der Waals surface area contributed by atoms with E-state index < -0.39 is 0 Å². The van der Waals surface area contributed by atoms with Crippen LogP contribution >= 0.6 is 0 Å². The van der Waals surface area contributed by atoms with Crippen LogP contribution < -0.4 is 5.32 Å². The van der Waals surface area contributed by atoms with Gasteiger partial charge in [-0.05, 0) is 41.5 Å². The lowest BCUT2D eigenvalue weighted by Crippen LogP contribution is -2.38. The van der Waals surface area contributed by atoms with Gasteiger partial charge >= 0.3 is 6.03 Å². The molecule has 0 atom stereocenters. The summed E-state index contributed by atoms with van der Waals surface area (Å²) >= 11 is 0. The maximum absolute atomic E-state index is 12.9. The first-order chi connectivity index (χ1) is 13.3. The van der Waals surface area contributed by atoms with Crippen molar-refractivity contribution in [1.82, 2.24) is 20.2 Å². The number of nitrogens with one attached hydrogen (secondary N) is 2. The van der Waals surface area contributed by atoms with Crippen molar-refractivity contribution in [3.63, 3.8) is 0 Å². The molecule has 27 heavy (non-hydrogen) atoms. The number of carbonyl (C=O) groups is 1. The average molecular weight is 360 g/mol. The van der Waals surface area contributed by atoms with Gasteiger partial charge in [0.15, 0.2) is 0 Å². The molecule has 136 valence electrons. The van der Waals surface area contributed by atoms with Gasteiger partial charge in [0, 0.05) is 42.6 Å². The number of rotatable bonds is 6. The Bertz CT molecular complexity index is 1010. The topological polar surface area (TPSA) is 74.2 Å². The summed E-state index contributed by atoms with van der Waals surface area (Å²) in [6.07, 6.45) is 7.02. The van der Waals surface area contributed by atoms with Crippen molar-refractivity contribution in [2.45, 2.75) is 19.6 Å². The minimum absolute atomic E-state index is 0.150. The fourth-order valence-electron chi connectivity index (χ4n) is 3.09. The second kappa shape index (κ2) is 7.78. The SMILES string of the molecule is O=C(NCc1ccco1)N(Cc1cccnc1)Cc1cccc2[nH]ccc12. The van der Waals surface area contributed by atoms with Crippen LogP contribution in [0.2, 0.25) is 0 Å². The number of furan rings is 1. The van der Waals surface area contributed by atoms with Gasteiger partial charge in [0.25, 0.3) is 0 Å². The Labute approximate surface area is 156 Å². The summed E-state index contributed by atoms with van der Waals surface area (Å²) < 4.78 is 5.30. The molecule has 2 N–H and O–H groups in total. The smallest absolute Gasteiger partial charge is 0.318 e. The minimum atomic E-state index is -0.150. The normalized spacial score (nSPS) is 10.8. The number of H-pyrrole nitrogens is 1. The summed E-state index contributed by atoms with van der Waals surface area (Å²) in [6, 6.07) is 15.5. The summed E-state index contributed by atoms with van der Waals surface area (Å²) in [5, 5.41) is 4.05. The first kappa shape index (κ1) is 16.9. The monoisotopic (exact) mass is 360 g/mol. The highest BCUT2D eigenvalue weighted by atomic mass is 16.3. The van der Waals surface area contributed by atoms with Crippen molar-refractivity contribution in [1.29, 1.82) is 0 Å². The number of carbonyl (C=O) groups excluding carboxylic acids is 1. The van der Waals surface area contributed by atoms with Crippen molar-refractivity contribution in [2.24, 2.45) is 0 Å². The quantitative estimate of drug-likeness (QED) is 0.544. The van der Waals surface area contributed by atoms with Gasteiger partial charge in [-0.3, -0.25) is 4.98 Å². The molecule has 0 fully saturated rings. The molecule has 6 nitrogen and oxygen atoms in total. The summed E-state index contributed by atoms with van der Waals surface area (Å²) in [5.41, 5.74) is 3.13. The molecule has 2 amide bonds. The maximum atomic E-state index is 12.9. The van der Waals surface area contributed by atoms with Crippen LogP contribution in [-0.4, -0.2) is 20.9 Å². The van der Waals surface area contributed by atoms with E-state index in [-0.39, 0.29) is 6.03 Å². The first-order valence-corrected chi connectivity index (χ1v) is 8.78. The van der Waals surface area contributed by atoms with Crippen LogP contribution in [0, 0.1) is 0 Å². The van der Waals surface area contributed by atoms with E-state index in [9.17, 15) is 4.79 Å². The van der Waals surface area contributed by atoms with Crippen LogP contribution in [0.5, 0.6) is 0 Å². The van der Waals surface area contributed by atoms with Crippen LogP contribution in [0.25, 0.3) is 10.9 Å². The standard InChI is InChI=1S/C21H20N4O2/c26-21(24-13-18-6-3-11-27-18)25(14-16-4-2-9-22-12-16)15-17-5-1-7-20-19(17)8-10-23-20/h1-12,23H,13-15H2,(H,24,26).